The Labute approximate surface area is 142 Å². The molecule has 0 amide bonds. The first-order chi connectivity index (χ1) is 10.9. The molecule has 0 spiro atoms. The number of sulfonamides is 1. The van der Waals surface area contributed by atoms with Crippen LogP contribution in [0, 0.1) is 5.82 Å². The molecule has 0 aliphatic carbocycles. The van der Waals surface area contributed by atoms with Gasteiger partial charge in [0.1, 0.15) is 5.82 Å². The zero-order valence-corrected chi connectivity index (χ0v) is 14.8. The van der Waals surface area contributed by atoms with E-state index in [4.69, 9.17) is 12.2 Å². The molecule has 0 unspecified atom stereocenters. The van der Waals surface area contributed by atoms with Gasteiger partial charge in [-0.2, -0.15) is 4.31 Å². The lowest BCUT2D eigenvalue weighted by atomic mass is 10.3. The van der Waals surface area contributed by atoms with Crippen molar-refractivity contribution in [3.05, 3.63) is 30.1 Å². The van der Waals surface area contributed by atoms with E-state index in [1.807, 2.05) is 4.90 Å². The zero-order chi connectivity index (χ0) is 16.9. The van der Waals surface area contributed by atoms with E-state index in [2.05, 4.69) is 12.2 Å². The lowest BCUT2D eigenvalue weighted by Crippen LogP contribution is -2.53. The number of nitrogens with one attached hydrogen (secondary N) is 1. The van der Waals surface area contributed by atoms with Crippen LogP contribution < -0.4 is 5.32 Å². The van der Waals surface area contributed by atoms with Gasteiger partial charge in [0.25, 0.3) is 0 Å². The van der Waals surface area contributed by atoms with E-state index in [1.165, 1.54) is 22.5 Å². The monoisotopic (exact) mass is 359 g/mol. The fraction of sp³-hybridized carbons (Fsp3) is 0.533. The average molecular weight is 359 g/mol. The Morgan fingerprint density at radius 1 is 1.30 bits per heavy atom. The van der Waals surface area contributed by atoms with Crippen molar-refractivity contribution in [3.63, 3.8) is 0 Å². The topological polar surface area (TPSA) is 52.6 Å². The highest BCUT2D eigenvalue weighted by Crippen LogP contribution is 2.18. The van der Waals surface area contributed by atoms with Crippen LogP contribution in [-0.4, -0.2) is 55.5 Å². The number of unbranched alkanes of at least 4 members (excludes halogenated alkanes) is 1. The minimum Gasteiger partial charge on any atom is -0.363 e. The Bertz CT molecular complexity index is 644. The SMILES string of the molecule is CCCCNC(=S)N1CCN(S(=O)(=O)c2cccc(F)c2)CC1. The number of benzene rings is 1. The van der Waals surface area contributed by atoms with Crippen molar-refractivity contribution >= 4 is 27.4 Å². The third kappa shape index (κ3) is 4.62. The Kier molecular flexibility index (Phi) is 6.32. The molecule has 8 heteroatoms. The van der Waals surface area contributed by atoms with Crippen molar-refractivity contribution in [1.29, 1.82) is 0 Å². The van der Waals surface area contributed by atoms with Gasteiger partial charge in [0.2, 0.25) is 10.0 Å². The molecule has 2 rings (SSSR count). The van der Waals surface area contributed by atoms with Crippen LogP contribution in [0.2, 0.25) is 0 Å². The van der Waals surface area contributed by atoms with Crippen molar-refractivity contribution in [2.45, 2.75) is 24.7 Å². The fourth-order valence-corrected chi connectivity index (χ4v) is 4.13. The molecule has 1 aromatic rings. The summed E-state index contributed by atoms with van der Waals surface area (Å²) in [5.74, 6) is -0.550. The lowest BCUT2D eigenvalue weighted by Gasteiger charge is -2.35. The van der Waals surface area contributed by atoms with Crippen LogP contribution in [0.15, 0.2) is 29.2 Å². The molecule has 1 aliphatic rings. The standard InChI is InChI=1S/C15H22FN3O2S2/c1-2-3-7-17-15(22)18-8-10-19(11-9-18)23(20,21)14-6-4-5-13(16)12-14/h4-6,12H,2-3,7-11H2,1H3,(H,17,22). The molecule has 0 radical (unpaired) electrons. The molecule has 23 heavy (non-hydrogen) atoms. The van der Waals surface area contributed by atoms with Crippen LogP contribution in [0.1, 0.15) is 19.8 Å². The van der Waals surface area contributed by atoms with Gasteiger partial charge in [0.05, 0.1) is 4.90 Å². The molecule has 0 bridgehead atoms. The predicted octanol–water partition coefficient (Wildman–Crippen LogP) is 1.81. The van der Waals surface area contributed by atoms with Crippen molar-refractivity contribution in [2.75, 3.05) is 32.7 Å². The summed E-state index contributed by atoms with van der Waals surface area (Å²) in [6.45, 7) is 4.69. The minimum atomic E-state index is -3.65. The molecule has 1 aliphatic heterocycles. The van der Waals surface area contributed by atoms with Gasteiger partial charge >= 0.3 is 0 Å². The third-order valence-electron chi connectivity index (χ3n) is 3.77. The summed E-state index contributed by atoms with van der Waals surface area (Å²) in [5.41, 5.74) is 0. The van der Waals surface area contributed by atoms with Gasteiger partial charge in [-0.05, 0) is 36.8 Å². The summed E-state index contributed by atoms with van der Waals surface area (Å²) in [5, 5.41) is 3.85. The van der Waals surface area contributed by atoms with E-state index in [0.717, 1.165) is 25.5 Å². The van der Waals surface area contributed by atoms with Crippen molar-refractivity contribution in [3.8, 4) is 0 Å². The number of nitrogens with zero attached hydrogens (tertiary/aromatic N) is 2. The van der Waals surface area contributed by atoms with Gasteiger partial charge in [-0.1, -0.05) is 19.4 Å². The number of hydrogen-bond donors (Lipinski definition) is 1. The number of halogens is 1. The summed E-state index contributed by atoms with van der Waals surface area (Å²) in [6.07, 6.45) is 2.14. The molecule has 1 heterocycles. The van der Waals surface area contributed by atoms with Gasteiger partial charge in [-0.15, -0.1) is 0 Å². The van der Waals surface area contributed by atoms with Crippen LogP contribution in [0.3, 0.4) is 0 Å². The second kappa shape index (κ2) is 8.03. The van der Waals surface area contributed by atoms with Crippen LogP contribution in [0.4, 0.5) is 4.39 Å². The summed E-state index contributed by atoms with van der Waals surface area (Å²) in [4.78, 5) is 1.97. The smallest absolute Gasteiger partial charge is 0.243 e. The van der Waals surface area contributed by atoms with Crippen LogP contribution in [0.25, 0.3) is 0 Å². The highest BCUT2D eigenvalue weighted by Gasteiger charge is 2.29. The summed E-state index contributed by atoms with van der Waals surface area (Å²) < 4.78 is 39.7. The van der Waals surface area contributed by atoms with E-state index in [0.29, 0.717) is 31.3 Å². The number of piperazine rings is 1. The first kappa shape index (κ1) is 18.1. The first-order valence-electron chi connectivity index (χ1n) is 7.73. The van der Waals surface area contributed by atoms with Gasteiger partial charge in [0, 0.05) is 32.7 Å². The van der Waals surface area contributed by atoms with Crippen LogP contribution >= 0.6 is 12.2 Å². The van der Waals surface area contributed by atoms with E-state index < -0.39 is 15.8 Å². The molecule has 1 N–H and O–H groups in total. The van der Waals surface area contributed by atoms with E-state index in [-0.39, 0.29) is 4.90 Å². The Morgan fingerprint density at radius 2 is 2.00 bits per heavy atom. The van der Waals surface area contributed by atoms with Gasteiger partial charge in [-0.3, -0.25) is 0 Å². The largest absolute Gasteiger partial charge is 0.363 e. The van der Waals surface area contributed by atoms with E-state index >= 15 is 0 Å². The van der Waals surface area contributed by atoms with Crippen molar-refractivity contribution in [2.24, 2.45) is 0 Å². The lowest BCUT2D eigenvalue weighted by molar-refractivity contribution is 0.264. The predicted molar refractivity (Wildman–Crippen MR) is 92.2 cm³/mol. The fourth-order valence-electron chi connectivity index (χ4n) is 2.39. The Balaban J connectivity index is 1.94. The van der Waals surface area contributed by atoms with Gasteiger partial charge < -0.3 is 10.2 Å². The van der Waals surface area contributed by atoms with Crippen LogP contribution in [-0.2, 0) is 10.0 Å². The van der Waals surface area contributed by atoms with Crippen molar-refractivity contribution < 1.29 is 12.8 Å². The molecule has 1 aromatic carbocycles. The molecular weight excluding hydrogens is 337 g/mol. The number of thiocarbonyl (C=S) groups is 1. The molecule has 5 nitrogen and oxygen atoms in total. The minimum absolute atomic E-state index is 0.00500. The van der Waals surface area contributed by atoms with E-state index in [9.17, 15) is 12.8 Å². The number of hydrogen-bond acceptors (Lipinski definition) is 3. The molecule has 0 aromatic heterocycles. The third-order valence-corrected chi connectivity index (χ3v) is 6.06. The molecule has 0 atom stereocenters. The van der Waals surface area contributed by atoms with Gasteiger partial charge in [0.15, 0.2) is 5.11 Å². The molecule has 1 saturated heterocycles. The maximum atomic E-state index is 13.3. The van der Waals surface area contributed by atoms with Crippen LogP contribution in [0.5, 0.6) is 0 Å². The maximum absolute atomic E-state index is 13.3. The highest BCUT2D eigenvalue weighted by atomic mass is 32.2. The molecule has 0 saturated carbocycles. The quantitative estimate of drug-likeness (QED) is 0.642. The first-order valence-corrected chi connectivity index (χ1v) is 9.58. The summed E-state index contributed by atoms with van der Waals surface area (Å²) in [7, 11) is -3.65. The molecule has 1 fully saturated rings. The van der Waals surface area contributed by atoms with Crippen molar-refractivity contribution in [1.82, 2.24) is 14.5 Å². The Hall–Kier alpha value is -1.25. The summed E-state index contributed by atoms with van der Waals surface area (Å²) >= 11 is 5.33. The summed E-state index contributed by atoms with van der Waals surface area (Å²) in [6, 6.07) is 5.11. The van der Waals surface area contributed by atoms with E-state index in [1.54, 1.807) is 0 Å². The molecule has 128 valence electrons. The van der Waals surface area contributed by atoms with Gasteiger partial charge in [-0.25, -0.2) is 12.8 Å². The zero-order valence-electron chi connectivity index (χ0n) is 13.2. The maximum Gasteiger partial charge on any atom is 0.243 e. The number of rotatable bonds is 5. The second-order valence-electron chi connectivity index (χ2n) is 5.43. The highest BCUT2D eigenvalue weighted by molar-refractivity contribution is 7.89. The second-order valence-corrected chi connectivity index (χ2v) is 7.76. The average Bonchev–Trinajstić information content (AvgIpc) is 2.55. The molecular formula is C15H22FN3O2S2. The normalized spacial score (nSPS) is 16.3. The Morgan fingerprint density at radius 3 is 2.61 bits per heavy atom.